The third kappa shape index (κ3) is 1.18. The standard InChI is InChI=1S/C20H26O4/c1-10-11-4-7-20(15(10)21)13(8-11)19-6-3-5-18(2)12(19)9-14(20)23-17(19)24-16(18)22/h11-15,17,21H,1,3-9H2,2H3/t11?,12-,13?,14+,15+,17?,18-,19?,20-/m1/s1. The molecule has 5 saturated carbocycles. The smallest absolute Gasteiger partial charge is 0.314 e. The summed E-state index contributed by atoms with van der Waals surface area (Å²) in [5, 5.41) is 11.2. The van der Waals surface area contributed by atoms with E-state index in [0.717, 1.165) is 50.5 Å². The molecule has 8 aliphatic rings. The molecule has 8 rings (SSSR count). The molecule has 8 fully saturated rings. The molecular formula is C20H26O4. The van der Waals surface area contributed by atoms with Gasteiger partial charge in [-0.05, 0) is 68.8 Å². The maximum absolute atomic E-state index is 12.7. The van der Waals surface area contributed by atoms with E-state index < -0.39 is 6.10 Å². The zero-order valence-electron chi connectivity index (χ0n) is 14.3. The van der Waals surface area contributed by atoms with Crippen molar-refractivity contribution in [3.8, 4) is 0 Å². The number of carbonyl (C=O) groups is 1. The number of hydrogen-bond donors (Lipinski definition) is 1. The number of aliphatic hydroxyl groups is 1. The van der Waals surface area contributed by atoms with Gasteiger partial charge in [0.25, 0.3) is 0 Å². The van der Waals surface area contributed by atoms with Gasteiger partial charge >= 0.3 is 5.97 Å². The van der Waals surface area contributed by atoms with E-state index in [4.69, 9.17) is 9.47 Å². The van der Waals surface area contributed by atoms with E-state index in [1.807, 2.05) is 0 Å². The van der Waals surface area contributed by atoms with Crippen LogP contribution in [0.2, 0.25) is 0 Å². The largest absolute Gasteiger partial charge is 0.435 e. The van der Waals surface area contributed by atoms with Gasteiger partial charge in [-0.25, -0.2) is 0 Å². The zero-order valence-corrected chi connectivity index (χ0v) is 14.3. The van der Waals surface area contributed by atoms with Crippen molar-refractivity contribution in [2.75, 3.05) is 0 Å². The normalized spacial score (nSPS) is 63.1. The lowest BCUT2D eigenvalue weighted by Gasteiger charge is -2.77. The molecule has 9 atom stereocenters. The molecular weight excluding hydrogens is 304 g/mol. The highest BCUT2D eigenvalue weighted by atomic mass is 16.7. The fraction of sp³-hybridized carbons (Fsp3) is 0.850. The van der Waals surface area contributed by atoms with Crippen molar-refractivity contribution in [3.05, 3.63) is 12.2 Å². The highest BCUT2D eigenvalue weighted by Crippen LogP contribution is 2.77. The monoisotopic (exact) mass is 330 g/mol. The van der Waals surface area contributed by atoms with Gasteiger partial charge < -0.3 is 14.6 Å². The summed E-state index contributed by atoms with van der Waals surface area (Å²) in [5.74, 6) is 1.16. The van der Waals surface area contributed by atoms with Crippen molar-refractivity contribution in [1.29, 1.82) is 0 Å². The van der Waals surface area contributed by atoms with Gasteiger partial charge in [0, 0.05) is 10.8 Å². The minimum Gasteiger partial charge on any atom is -0.435 e. The fourth-order valence-corrected chi connectivity index (χ4v) is 8.29. The van der Waals surface area contributed by atoms with Gasteiger partial charge in [0.05, 0.1) is 17.6 Å². The summed E-state index contributed by atoms with van der Waals surface area (Å²) >= 11 is 0. The molecule has 0 aromatic rings. The Morgan fingerprint density at radius 2 is 2.00 bits per heavy atom. The second kappa shape index (κ2) is 3.93. The molecule has 24 heavy (non-hydrogen) atoms. The van der Waals surface area contributed by atoms with Crippen molar-refractivity contribution in [3.63, 3.8) is 0 Å². The Morgan fingerprint density at radius 1 is 1.17 bits per heavy atom. The fourth-order valence-electron chi connectivity index (χ4n) is 8.29. The van der Waals surface area contributed by atoms with Crippen LogP contribution in [0.25, 0.3) is 0 Å². The first kappa shape index (κ1) is 14.3. The van der Waals surface area contributed by atoms with E-state index in [-0.39, 0.29) is 34.6 Å². The summed E-state index contributed by atoms with van der Waals surface area (Å²) in [6.45, 7) is 6.36. The lowest BCUT2D eigenvalue weighted by molar-refractivity contribution is -0.416. The summed E-state index contributed by atoms with van der Waals surface area (Å²) in [7, 11) is 0. The summed E-state index contributed by atoms with van der Waals surface area (Å²) in [6.07, 6.45) is 6.47. The summed E-state index contributed by atoms with van der Waals surface area (Å²) < 4.78 is 12.3. The summed E-state index contributed by atoms with van der Waals surface area (Å²) in [6, 6.07) is 0. The highest BCUT2D eigenvalue weighted by Gasteiger charge is 2.80. The number of esters is 1. The first-order chi connectivity index (χ1) is 11.4. The Bertz CT molecular complexity index is 673. The number of fused-ring (bicyclic) bond motifs is 2. The number of ether oxygens (including phenoxy) is 2. The lowest BCUT2D eigenvalue weighted by atomic mass is 9.33. The van der Waals surface area contributed by atoms with Gasteiger partial charge in [0.15, 0.2) is 0 Å². The van der Waals surface area contributed by atoms with Crippen LogP contribution in [0.1, 0.15) is 51.9 Å². The second-order valence-electron chi connectivity index (χ2n) is 9.65. The summed E-state index contributed by atoms with van der Waals surface area (Å²) in [4.78, 5) is 12.7. The Balaban J connectivity index is 1.57. The zero-order chi connectivity index (χ0) is 16.5. The topological polar surface area (TPSA) is 55.8 Å². The van der Waals surface area contributed by atoms with Crippen LogP contribution in [0, 0.1) is 34.0 Å². The predicted octanol–water partition coefficient (Wildman–Crippen LogP) is 2.80. The Hall–Kier alpha value is -0.870. The van der Waals surface area contributed by atoms with E-state index in [2.05, 4.69) is 13.5 Å². The van der Waals surface area contributed by atoms with Crippen molar-refractivity contribution >= 4 is 5.97 Å². The van der Waals surface area contributed by atoms with Crippen molar-refractivity contribution in [2.45, 2.75) is 70.4 Å². The molecule has 4 unspecified atom stereocenters. The molecule has 130 valence electrons. The molecule has 0 aromatic heterocycles. The van der Waals surface area contributed by atoms with Crippen LogP contribution in [0.4, 0.5) is 0 Å². The van der Waals surface area contributed by atoms with Crippen LogP contribution in [-0.2, 0) is 14.3 Å². The third-order valence-electron chi connectivity index (χ3n) is 9.31. The second-order valence-corrected chi connectivity index (χ2v) is 9.65. The average Bonchev–Trinajstić information content (AvgIpc) is 2.58. The van der Waals surface area contributed by atoms with Gasteiger partial charge in [-0.2, -0.15) is 0 Å². The number of aliphatic hydroxyl groups excluding tert-OH is 1. The molecule has 2 spiro atoms. The number of rotatable bonds is 0. The van der Waals surface area contributed by atoms with Gasteiger partial charge in [-0.1, -0.05) is 13.0 Å². The molecule has 4 nitrogen and oxygen atoms in total. The molecule has 0 amide bonds. The SMILES string of the molecule is C=C1C2CC[C@]3(C(C2)C24CCC[C@@]5(C)C(=O)OC2O[C@H]3C[C@@H]45)[C@H]1O. The van der Waals surface area contributed by atoms with Crippen molar-refractivity contribution in [2.24, 2.45) is 34.0 Å². The van der Waals surface area contributed by atoms with Gasteiger partial charge in [0.1, 0.15) is 0 Å². The minimum atomic E-state index is -0.443. The van der Waals surface area contributed by atoms with Crippen LogP contribution in [0.3, 0.4) is 0 Å². The molecule has 1 N–H and O–H groups in total. The molecule has 3 heterocycles. The van der Waals surface area contributed by atoms with E-state index >= 15 is 0 Å². The Morgan fingerprint density at radius 3 is 2.83 bits per heavy atom. The van der Waals surface area contributed by atoms with Crippen LogP contribution < -0.4 is 0 Å². The van der Waals surface area contributed by atoms with E-state index in [1.165, 1.54) is 0 Å². The minimum absolute atomic E-state index is 0.0119. The molecule has 3 saturated heterocycles. The molecule has 7 bridgehead atoms. The molecule has 0 aromatic carbocycles. The Kier molecular flexibility index (Phi) is 2.35. The van der Waals surface area contributed by atoms with E-state index in [9.17, 15) is 9.90 Å². The number of carbonyl (C=O) groups excluding carboxylic acids is 1. The van der Waals surface area contributed by atoms with E-state index in [0.29, 0.717) is 17.8 Å². The molecule has 3 aliphatic heterocycles. The van der Waals surface area contributed by atoms with Crippen LogP contribution >= 0.6 is 0 Å². The average molecular weight is 330 g/mol. The van der Waals surface area contributed by atoms with E-state index in [1.54, 1.807) is 0 Å². The third-order valence-corrected chi connectivity index (χ3v) is 9.31. The van der Waals surface area contributed by atoms with Gasteiger partial charge in [0.2, 0.25) is 6.29 Å². The molecule has 4 heteroatoms. The molecule has 0 radical (unpaired) electrons. The van der Waals surface area contributed by atoms with Crippen molar-refractivity contribution in [1.82, 2.24) is 0 Å². The van der Waals surface area contributed by atoms with Crippen LogP contribution in [0.5, 0.6) is 0 Å². The summed E-state index contributed by atoms with van der Waals surface area (Å²) in [5.41, 5.74) is 0.430. The molecule has 5 aliphatic carbocycles. The maximum Gasteiger partial charge on any atom is 0.314 e. The maximum atomic E-state index is 12.7. The van der Waals surface area contributed by atoms with Gasteiger partial charge in [-0.3, -0.25) is 4.79 Å². The van der Waals surface area contributed by atoms with Gasteiger partial charge in [-0.15, -0.1) is 0 Å². The first-order valence-electron chi connectivity index (χ1n) is 9.68. The van der Waals surface area contributed by atoms with Crippen LogP contribution in [-0.4, -0.2) is 29.6 Å². The lowest BCUT2D eigenvalue weighted by Crippen LogP contribution is -2.80. The van der Waals surface area contributed by atoms with Crippen LogP contribution in [0.15, 0.2) is 12.2 Å². The quantitative estimate of drug-likeness (QED) is 0.548. The number of hydrogen-bond acceptors (Lipinski definition) is 4. The predicted molar refractivity (Wildman–Crippen MR) is 85.7 cm³/mol. The van der Waals surface area contributed by atoms with Crippen molar-refractivity contribution < 1.29 is 19.4 Å². The highest BCUT2D eigenvalue weighted by molar-refractivity contribution is 5.78. The first-order valence-corrected chi connectivity index (χ1v) is 9.68. The Labute approximate surface area is 142 Å².